The molecule has 110 valence electrons. The van der Waals surface area contributed by atoms with Crippen molar-refractivity contribution in [3.63, 3.8) is 0 Å². The molecule has 1 aromatic heterocycles. The summed E-state index contributed by atoms with van der Waals surface area (Å²) in [6.07, 6.45) is -4.85. The molecule has 0 unspecified atom stereocenters. The number of aromatic nitrogens is 1. The van der Waals surface area contributed by atoms with Gasteiger partial charge in [0.15, 0.2) is 0 Å². The normalized spacial score (nSPS) is 11.3. The van der Waals surface area contributed by atoms with Crippen molar-refractivity contribution in [2.45, 2.75) is 13.3 Å². The van der Waals surface area contributed by atoms with Gasteiger partial charge in [0.25, 0.3) is 0 Å². The number of benzene rings is 1. The van der Waals surface area contributed by atoms with Gasteiger partial charge in [-0.05, 0) is 25.1 Å². The van der Waals surface area contributed by atoms with Crippen molar-refractivity contribution in [1.82, 2.24) is 4.98 Å². The topological polar surface area (TPSA) is 62.6 Å². The molecule has 1 aromatic carbocycles. The number of aryl methyl sites for hydroxylation is 1. The van der Waals surface area contributed by atoms with E-state index >= 15 is 0 Å². The van der Waals surface area contributed by atoms with E-state index in [1.165, 1.54) is 30.3 Å². The van der Waals surface area contributed by atoms with E-state index in [0.717, 1.165) is 6.07 Å². The summed E-state index contributed by atoms with van der Waals surface area (Å²) in [6, 6.07) is 8.33. The van der Waals surface area contributed by atoms with Crippen LogP contribution in [0.5, 0.6) is 5.75 Å². The molecule has 0 aliphatic heterocycles. The Morgan fingerprint density at radius 2 is 1.76 bits per heavy atom. The number of pyridine rings is 1. The standard InChI is InChI=1S/C13H11BF3NO3/c1-8-6-7-10(14(19)20)12(18-8)9-4-2-3-5-11(9)21-13(15,16)17/h2-7,19-20H,1H3. The maximum atomic E-state index is 12.4. The third-order valence-corrected chi connectivity index (χ3v) is 2.71. The van der Waals surface area contributed by atoms with Gasteiger partial charge in [-0.2, -0.15) is 0 Å². The smallest absolute Gasteiger partial charge is 0.423 e. The van der Waals surface area contributed by atoms with Gasteiger partial charge in [-0.3, -0.25) is 4.98 Å². The molecular formula is C13H11BF3NO3. The fraction of sp³-hybridized carbons (Fsp3) is 0.154. The summed E-state index contributed by atoms with van der Waals surface area (Å²) in [5.74, 6) is -0.454. The zero-order chi connectivity index (χ0) is 15.6. The number of hydrogen-bond donors (Lipinski definition) is 2. The first-order chi connectivity index (χ1) is 9.78. The highest BCUT2D eigenvalue weighted by atomic mass is 19.4. The highest BCUT2D eigenvalue weighted by Gasteiger charge is 2.33. The lowest BCUT2D eigenvalue weighted by Crippen LogP contribution is -2.32. The van der Waals surface area contributed by atoms with E-state index in [4.69, 9.17) is 0 Å². The van der Waals surface area contributed by atoms with E-state index < -0.39 is 19.2 Å². The molecule has 2 rings (SSSR count). The monoisotopic (exact) mass is 297 g/mol. The third kappa shape index (κ3) is 3.74. The van der Waals surface area contributed by atoms with E-state index in [0.29, 0.717) is 5.69 Å². The van der Waals surface area contributed by atoms with Crippen LogP contribution in [-0.4, -0.2) is 28.5 Å². The fourth-order valence-corrected chi connectivity index (χ4v) is 1.87. The van der Waals surface area contributed by atoms with Crippen LogP contribution in [0.3, 0.4) is 0 Å². The molecule has 0 bridgehead atoms. The number of para-hydroxylation sites is 1. The van der Waals surface area contributed by atoms with Crippen LogP contribution in [0.25, 0.3) is 11.3 Å². The second-order valence-electron chi connectivity index (χ2n) is 4.31. The van der Waals surface area contributed by atoms with Crippen LogP contribution >= 0.6 is 0 Å². The summed E-state index contributed by atoms with van der Waals surface area (Å²) in [5, 5.41) is 18.7. The van der Waals surface area contributed by atoms with Gasteiger partial charge in [-0.15, -0.1) is 13.2 Å². The largest absolute Gasteiger partial charge is 0.573 e. The third-order valence-electron chi connectivity index (χ3n) is 2.71. The molecule has 0 aliphatic carbocycles. The summed E-state index contributed by atoms with van der Waals surface area (Å²) in [6.45, 7) is 1.64. The van der Waals surface area contributed by atoms with Crippen LogP contribution in [0.2, 0.25) is 0 Å². The van der Waals surface area contributed by atoms with Gasteiger partial charge in [-0.1, -0.05) is 18.2 Å². The summed E-state index contributed by atoms with van der Waals surface area (Å²) in [4.78, 5) is 4.09. The minimum atomic E-state index is -4.85. The van der Waals surface area contributed by atoms with Crippen molar-refractivity contribution in [3.05, 3.63) is 42.1 Å². The molecule has 4 nitrogen and oxygen atoms in total. The van der Waals surface area contributed by atoms with Crippen molar-refractivity contribution < 1.29 is 28.0 Å². The maximum Gasteiger partial charge on any atom is 0.573 e. The first-order valence-corrected chi connectivity index (χ1v) is 5.97. The average molecular weight is 297 g/mol. The molecule has 0 radical (unpaired) electrons. The minimum Gasteiger partial charge on any atom is -0.423 e. The predicted molar refractivity (Wildman–Crippen MR) is 70.9 cm³/mol. The SMILES string of the molecule is Cc1ccc(B(O)O)c(-c2ccccc2OC(F)(F)F)n1. The van der Waals surface area contributed by atoms with Gasteiger partial charge in [0.2, 0.25) is 0 Å². The Kier molecular flexibility index (Phi) is 4.20. The Bertz CT molecular complexity index is 647. The van der Waals surface area contributed by atoms with Crippen LogP contribution in [-0.2, 0) is 0 Å². The van der Waals surface area contributed by atoms with Crippen molar-refractivity contribution >= 4 is 12.6 Å². The van der Waals surface area contributed by atoms with E-state index in [9.17, 15) is 23.2 Å². The minimum absolute atomic E-state index is 0.00109. The quantitative estimate of drug-likeness (QED) is 0.845. The van der Waals surface area contributed by atoms with Crippen LogP contribution in [0.4, 0.5) is 13.2 Å². The molecule has 21 heavy (non-hydrogen) atoms. The molecule has 0 saturated carbocycles. The van der Waals surface area contributed by atoms with Crippen LogP contribution in [0.1, 0.15) is 5.69 Å². The molecule has 8 heteroatoms. The van der Waals surface area contributed by atoms with Gasteiger partial charge in [0, 0.05) is 16.7 Å². The first-order valence-electron chi connectivity index (χ1n) is 5.97. The lowest BCUT2D eigenvalue weighted by atomic mass is 9.77. The molecule has 1 heterocycles. The van der Waals surface area contributed by atoms with E-state index in [1.807, 2.05) is 0 Å². The maximum absolute atomic E-state index is 12.4. The van der Waals surface area contributed by atoms with Gasteiger partial charge >= 0.3 is 13.5 Å². The molecule has 0 spiro atoms. The molecule has 2 N–H and O–H groups in total. The van der Waals surface area contributed by atoms with Crippen LogP contribution in [0.15, 0.2) is 36.4 Å². The molecule has 0 fully saturated rings. The average Bonchev–Trinajstić information content (AvgIpc) is 2.37. The lowest BCUT2D eigenvalue weighted by Gasteiger charge is -2.15. The Hall–Kier alpha value is -2.06. The number of rotatable bonds is 3. The number of alkyl halides is 3. The summed E-state index contributed by atoms with van der Waals surface area (Å²) < 4.78 is 41.3. The molecule has 0 amide bonds. The number of ether oxygens (including phenoxy) is 1. The molecule has 0 saturated heterocycles. The van der Waals surface area contributed by atoms with Crippen molar-refractivity contribution in [2.24, 2.45) is 0 Å². The van der Waals surface area contributed by atoms with E-state index in [-0.39, 0.29) is 16.7 Å². The molecule has 2 aromatic rings. The zero-order valence-electron chi connectivity index (χ0n) is 10.9. The second kappa shape index (κ2) is 5.75. The molecular weight excluding hydrogens is 286 g/mol. The lowest BCUT2D eigenvalue weighted by molar-refractivity contribution is -0.274. The van der Waals surface area contributed by atoms with Gasteiger partial charge < -0.3 is 14.8 Å². The molecule has 0 atom stereocenters. The highest BCUT2D eigenvalue weighted by Crippen LogP contribution is 2.32. The van der Waals surface area contributed by atoms with E-state index in [1.54, 1.807) is 6.92 Å². The summed E-state index contributed by atoms with van der Waals surface area (Å²) in [7, 11) is -1.85. The predicted octanol–water partition coefficient (Wildman–Crippen LogP) is 1.64. The summed E-state index contributed by atoms with van der Waals surface area (Å²) >= 11 is 0. The van der Waals surface area contributed by atoms with Crippen LogP contribution < -0.4 is 10.2 Å². The fourth-order valence-electron chi connectivity index (χ4n) is 1.87. The molecule has 0 aliphatic rings. The second-order valence-corrected chi connectivity index (χ2v) is 4.31. The van der Waals surface area contributed by atoms with Crippen molar-refractivity contribution in [2.75, 3.05) is 0 Å². The van der Waals surface area contributed by atoms with Crippen molar-refractivity contribution in [1.29, 1.82) is 0 Å². The number of halogens is 3. The zero-order valence-corrected chi connectivity index (χ0v) is 10.9. The van der Waals surface area contributed by atoms with Gasteiger partial charge in [0.1, 0.15) is 5.75 Å². The van der Waals surface area contributed by atoms with Crippen molar-refractivity contribution in [3.8, 4) is 17.0 Å². The Balaban J connectivity index is 2.59. The van der Waals surface area contributed by atoms with Gasteiger partial charge in [-0.25, -0.2) is 0 Å². The Morgan fingerprint density at radius 1 is 1.10 bits per heavy atom. The highest BCUT2D eigenvalue weighted by molar-refractivity contribution is 6.60. The van der Waals surface area contributed by atoms with Gasteiger partial charge in [0.05, 0.1) is 5.69 Å². The van der Waals surface area contributed by atoms with Crippen LogP contribution in [0, 0.1) is 6.92 Å². The van der Waals surface area contributed by atoms with E-state index in [2.05, 4.69) is 9.72 Å². The Morgan fingerprint density at radius 3 is 2.38 bits per heavy atom. The first kappa shape index (κ1) is 15.3. The summed E-state index contributed by atoms with van der Waals surface area (Å²) in [5.41, 5.74) is 0.585. The number of nitrogens with zero attached hydrogens (tertiary/aromatic N) is 1. The number of hydrogen-bond acceptors (Lipinski definition) is 4. The Labute approximate surface area is 119 Å².